The van der Waals surface area contributed by atoms with Crippen LogP contribution in [0.1, 0.15) is 15.9 Å². The number of halogens is 1. The molecule has 2 aromatic rings. The van der Waals surface area contributed by atoms with E-state index >= 15 is 0 Å². The number of hydrogen-bond acceptors (Lipinski definition) is 3. The van der Waals surface area contributed by atoms with Gasteiger partial charge in [0.1, 0.15) is 0 Å². The van der Waals surface area contributed by atoms with Crippen LogP contribution in [0.25, 0.3) is 0 Å². The second kappa shape index (κ2) is 6.18. The number of aryl methyl sites for hydroxylation is 1. The van der Waals surface area contributed by atoms with Crippen LogP contribution < -0.4 is 11.1 Å². The molecule has 3 N–H and O–H groups in total. The second-order valence-corrected chi connectivity index (χ2v) is 5.86. The van der Waals surface area contributed by atoms with E-state index in [2.05, 4.69) is 21.2 Å². The average Bonchev–Trinajstić information content (AvgIpc) is 2.45. The van der Waals surface area contributed by atoms with Crippen molar-refractivity contribution >= 4 is 38.9 Å². The van der Waals surface area contributed by atoms with Crippen molar-refractivity contribution in [1.29, 1.82) is 0 Å². The summed E-state index contributed by atoms with van der Waals surface area (Å²) in [7, 11) is 3.45. The fraction of sp³-hybridized carbons (Fsp3) is 0.188. The number of nitrogens with two attached hydrogens (primary N) is 1. The Hall–Kier alpha value is -2.01. The van der Waals surface area contributed by atoms with Crippen molar-refractivity contribution in [2.45, 2.75) is 6.92 Å². The number of anilines is 3. The molecule has 1 amide bonds. The Labute approximate surface area is 133 Å². The first-order chi connectivity index (χ1) is 9.90. The maximum Gasteiger partial charge on any atom is 0.253 e. The molecule has 0 atom stereocenters. The number of amides is 1. The van der Waals surface area contributed by atoms with E-state index in [1.807, 2.05) is 25.1 Å². The normalized spacial score (nSPS) is 10.3. The van der Waals surface area contributed by atoms with Gasteiger partial charge in [0.05, 0.1) is 17.1 Å². The standard InChI is InChI=1S/C16H18BrN3O/c1-10-5-4-6-13(15(10)17)19-14-9-11(7-8-12(14)18)16(21)20(2)3/h4-9,19H,18H2,1-3H3. The van der Waals surface area contributed by atoms with E-state index in [-0.39, 0.29) is 5.91 Å². The molecule has 2 rings (SSSR count). The Bertz CT molecular complexity index is 683. The largest absolute Gasteiger partial charge is 0.397 e. The van der Waals surface area contributed by atoms with E-state index in [4.69, 9.17) is 5.73 Å². The molecular weight excluding hydrogens is 330 g/mol. The van der Waals surface area contributed by atoms with Gasteiger partial charge in [0, 0.05) is 24.1 Å². The SMILES string of the molecule is Cc1cccc(Nc2cc(C(=O)N(C)C)ccc2N)c1Br. The molecule has 0 radical (unpaired) electrons. The van der Waals surface area contributed by atoms with Gasteiger partial charge >= 0.3 is 0 Å². The summed E-state index contributed by atoms with van der Waals surface area (Å²) in [6.07, 6.45) is 0. The summed E-state index contributed by atoms with van der Waals surface area (Å²) in [6, 6.07) is 11.2. The lowest BCUT2D eigenvalue weighted by atomic mass is 10.1. The number of rotatable bonds is 3. The number of carbonyl (C=O) groups is 1. The maximum atomic E-state index is 12.0. The van der Waals surface area contributed by atoms with Crippen molar-refractivity contribution in [3.8, 4) is 0 Å². The third kappa shape index (κ3) is 3.36. The number of carbonyl (C=O) groups excluding carboxylic acids is 1. The van der Waals surface area contributed by atoms with E-state index < -0.39 is 0 Å². The molecular formula is C16H18BrN3O. The van der Waals surface area contributed by atoms with Crippen LogP contribution >= 0.6 is 15.9 Å². The van der Waals surface area contributed by atoms with Crippen LogP contribution in [0.3, 0.4) is 0 Å². The van der Waals surface area contributed by atoms with Crippen LogP contribution in [0.4, 0.5) is 17.1 Å². The predicted octanol–water partition coefficient (Wildman–Crippen LogP) is 3.79. The van der Waals surface area contributed by atoms with Crippen molar-refractivity contribution < 1.29 is 4.79 Å². The molecule has 0 unspecified atom stereocenters. The molecule has 0 aliphatic carbocycles. The molecule has 0 aromatic heterocycles. The summed E-state index contributed by atoms with van der Waals surface area (Å²) < 4.78 is 0.980. The lowest BCUT2D eigenvalue weighted by molar-refractivity contribution is 0.0827. The molecule has 21 heavy (non-hydrogen) atoms. The van der Waals surface area contributed by atoms with Crippen LogP contribution in [-0.2, 0) is 0 Å². The molecule has 0 spiro atoms. The fourth-order valence-electron chi connectivity index (χ4n) is 1.94. The zero-order chi connectivity index (χ0) is 15.6. The van der Waals surface area contributed by atoms with Crippen molar-refractivity contribution in [3.05, 3.63) is 52.0 Å². The monoisotopic (exact) mass is 347 g/mol. The Morgan fingerprint density at radius 2 is 1.90 bits per heavy atom. The first-order valence-corrected chi connectivity index (χ1v) is 7.32. The van der Waals surface area contributed by atoms with Gasteiger partial charge in [-0.3, -0.25) is 4.79 Å². The minimum Gasteiger partial charge on any atom is -0.397 e. The highest BCUT2D eigenvalue weighted by Crippen LogP contribution is 2.31. The third-order valence-corrected chi connectivity index (χ3v) is 4.22. The molecule has 2 aromatic carbocycles. The van der Waals surface area contributed by atoms with Crippen molar-refractivity contribution in [3.63, 3.8) is 0 Å². The van der Waals surface area contributed by atoms with Crippen LogP contribution in [0, 0.1) is 6.92 Å². The van der Waals surface area contributed by atoms with Gasteiger partial charge in [-0.15, -0.1) is 0 Å². The summed E-state index contributed by atoms with van der Waals surface area (Å²) in [4.78, 5) is 13.6. The molecule has 0 bridgehead atoms. The van der Waals surface area contributed by atoms with Gasteiger partial charge in [-0.1, -0.05) is 12.1 Å². The van der Waals surface area contributed by atoms with Gasteiger partial charge in [0.25, 0.3) is 5.91 Å². The van der Waals surface area contributed by atoms with Crippen LogP contribution in [0.2, 0.25) is 0 Å². The maximum absolute atomic E-state index is 12.0. The van der Waals surface area contributed by atoms with E-state index in [1.54, 1.807) is 32.3 Å². The van der Waals surface area contributed by atoms with Crippen molar-refractivity contribution in [2.24, 2.45) is 0 Å². The quantitative estimate of drug-likeness (QED) is 0.830. The first-order valence-electron chi connectivity index (χ1n) is 6.53. The van der Waals surface area contributed by atoms with E-state index in [0.29, 0.717) is 16.9 Å². The molecule has 0 saturated carbocycles. The molecule has 110 valence electrons. The number of nitrogen functional groups attached to an aromatic ring is 1. The summed E-state index contributed by atoms with van der Waals surface area (Å²) in [6.45, 7) is 2.02. The smallest absolute Gasteiger partial charge is 0.253 e. The van der Waals surface area contributed by atoms with Gasteiger partial charge in [0.15, 0.2) is 0 Å². The number of nitrogens with one attached hydrogen (secondary N) is 1. The lowest BCUT2D eigenvalue weighted by Gasteiger charge is -2.15. The Morgan fingerprint density at radius 3 is 2.57 bits per heavy atom. The van der Waals surface area contributed by atoms with Gasteiger partial charge in [-0.25, -0.2) is 0 Å². The molecule has 4 nitrogen and oxygen atoms in total. The molecule has 0 fully saturated rings. The minimum atomic E-state index is -0.0543. The van der Waals surface area contributed by atoms with Gasteiger partial charge in [0.2, 0.25) is 0 Å². The van der Waals surface area contributed by atoms with Crippen molar-refractivity contribution in [1.82, 2.24) is 4.90 Å². The van der Waals surface area contributed by atoms with E-state index in [9.17, 15) is 4.79 Å². The number of nitrogens with zero attached hydrogens (tertiary/aromatic N) is 1. The Balaban J connectivity index is 2.38. The number of hydrogen-bond donors (Lipinski definition) is 2. The predicted molar refractivity (Wildman–Crippen MR) is 91.0 cm³/mol. The molecule has 0 heterocycles. The Morgan fingerprint density at radius 1 is 1.19 bits per heavy atom. The topological polar surface area (TPSA) is 58.4 Å². The molecule has 0 aliphatic heterocycles. The van der Waals surface area contributed by atoms with Crippen molar-refractivity contribution in [2.75, 3.05) is 25.1 Å². The van der Waals surface area contributed by atoms with Gasteiger partial charge < -0.3 is 16.0 Å². The third-order valence-electron chi connectivity index (χ3n) is 3.17. The second-order valence-electron chi connectivity index (χ2n) is 5.06. The van der Waals surface area contributed by atoms with Crippen LogP contribution in [0.5, 0.6) is 0 Å². The van der Waals surface area contributed by atoms with Crippen LogP contribution in [0.15, 0.2) is 40.9 Å². The fourth-order valence-corrected chi connectivity index (χ4v) is 2.31. The summed E-state index contributed by atoms with van der Waals surface area (Å²) >= 11 is 3.55. The van der Waals surface area contributed by atoms with Crippen LogP contribution in [-0.4, -0.2) is 24.9 Å². The highest BCUT2D eigenvalue weighted by Gasteiger charge is 2.11. The zero-order valence-electron chi connectivity index (χ0n) is 12.3. The number of benzene rings is 2. The molecule has 5 heteroatoms. The lowest BCUT2D eigenvalue weighted by Crippen LogP contribution is -2.21. The Kier molecular flexibility index (Phi) is 4.53. The van der Waals surface area contributed by atoms with Gasteiger partial charge in [-0.05, 0) is 52.7 Å². The summed E-state index contributed by atoms with van der Waals surface area (Å²) in [5.41, 5.74) is 9.95. The molecule has 0 aliphatic rings. The summed E-state index contributed by atoms with van der Waals surface area (Å²) in [5.74, 6) is -0.0543. The summed E-state index contributed by atoms with van der Waals surface area (Å²) in [5, 5.41) is 3.27. The highest BCUT2D eigenvalue weighted by molar-refractivity contribution is 9.10. The zero-order valence-corrected chi connectivity index (χ0v) is 13.9. The first kappa shape index (κ1) is 15.4. The van der Waals surface area contributed by atoms with E-state index in [1.165, 1.54) is 4.90 Å². The average molecular weight is 348 g/mol. The van der Waals surface area contributed by atoms with Gasteiger partial charge in [-0.2, -0.15) is 0 Å². The minimum absolute atomic E-state index is 0.0543. The molecule has 0 saturated heterocycles. The van der Waals surface area contributed by atoms with E-state index in [0.717, 1.165) is 15.7 Å². The highest BCUT2D eigenvalue weighted by atomic mass is 79.9.